The molecule has 6 N–H and O–H groups in total. The fraction of sp³-hybridized carbons (Fsp3) is 0.333. The summed E-state index contributed by atoms with van der Waals surface area (Å²) in [6.45, 7) is 5.95. The number of nitrogens with zero attached hydrogens (tertiary/aromatic N) is 1. The molecule has 0 saturated carbocycles. The Hall–Kier alpha value is -1.51. The molecule has 2 aromatic rings. The zero-order valence-corrected chi connectivity index (χ0v) is 13.3. The molecule has 0 amide bonds. The van der Waals surface area contributed by atoms with Crippen LogP contribution in [0.1, 0.15) is 20.8 Å². The van der Waals surface area contributed by atoms with E-state index in [0.717, 1.165) is 10.2 Å². The Morgan fingerprint density at radius 3 is 2.40 bits per heavy atom. The highest BCUT2D eigenvalue weighted by Crippen LogP contribution is 2.23. The predicted octanol–water partition coefficient (Wildman–Crippen LogP) is 1.55. The highest BCUT2D eigenvalue weighted by atomic mass is 32.2. The van der Waals surface area contributed by atoms with Crippen molar-refractivity contribution in [2.75, 3.05) is 0 Å². The third-order valence-electron chi connectivity index (χ3n) is 1.83. The Kier molecular flexibility index (Phi) is 5.61. The van der Waals surface area contributed by atoms with Crippen LogP contribution in [-0.2, 0) is 11.0 Å². The summed E-state index contributed by atoms with van der Waals surface area (Å²) in [7, 11) is -1.23. The van der Waals surface area contributed by atoms with E-state index in [1.807, 2.05) is 45.0 Å². The van der Waals surface area contributed by atoms with Crippen LogP contribution in [0.2, 0.25) is 0 Å². The fourth-order valence-electron chi connectivity index (χ4n) is 1.25. The summed E-state index contributed by atoms with van der Waals surface area (Å²) in [6, 6.07) is 7.82. The van der Waals surface area contributed by atoms with Gasteiger partial charge in [-0.3, -0.25) is 5.41 Å². The van der Waals surface area contributed by atoms with Crippen LogP contribution in [0.4, 0.5) is 0 Å². The number of nitrogens with one attached hydrogen (secondary N) is 2. The number of rotatable bonds is 2. The number of thiazole rings is 1. The topological polar surface area (TPSA) is 118 Å². The molecule has 20 heavy (non-hydrogen) atoms. The molecular formula is C12H19N5OS2. The van der Waals surface area contributed by atoms with Crippen molar-refractivity contribution in [2.45, 2.75) is 30.6 Å². The lowest BCUT2D eigenvalue weighted by atomic mass is 10.1. The molecule has 0 fully saturated rings. The van der Waals surface area contributed by atoms with Crippen molar-refractivity contribution < 1.29 is 4.21 Å². The van der Waals surface area contributed by atoms with E-state index < -0.39 is 11.0 Å². The third kappa shape index (κ3) is 5.64. The second-order valence-corrected chi connectivity index (χ2v) is 7.44. The molecule has 1 unspecified atom stereocenters. The average molecular weight is 313 g/mol. The van der Waals surface area contributed by atoms with Crippen LogP contribution in [0.15, 0.2) is 28.6 Å². The van der Waals surface area contributed by atoms with Gasteiger partial charge in [0.05, 0.1) is 10.2 Å². The number of fused-ring (bicyclic) bond motifs is 1. The van der Waals surface area contributed by atoms with Gasteiger partial charge >= 0.3 is 0 Å². The average Bonchev–Trinajstić information content (AvgIpc) is 2.69. The molecule has 6 nitrogen and oxygen atoms in total. The maximum atomic E-state index is 12.0. The summed E-state index contributed by atoms with van der Waals surface area (Å²) < 4.78 is 16.7. The van der Waals surface area contributed by atoms with Crippen LogP contribution < -0.4 is 16.2 Å². The quantitative estimate of drug-likeness (QED) is 0.497. The van der Waals surface area contributed by atoms with Crippen LogP contribution in [0.25, 0.3) is 10.2 Å². The minimum atomic E-state index is -1.23. The van der Waals surface area contributed by atoms with Crippen LogP contribution >= 0.6 is 11.3 Å². The number of para-hydroxylation sites is 1. The standard InChI is InChI=1S/C11H14N2OS2.CH5N3/c1-11(2,3)13-16(14)10-12-8-6-4-5-7-9(8)15-10;2-1(3)4/h4-7,13H,1-3H3;(H5,2,3,4). The van der Waals surface area contributed by atoms with E-state index in [1.54, 1.807) is 0 Å². The molecule has 0 aliphatic heterocycles. The molecule has 0 radical (unpaired) electrons. The second kappa shape index (κ2) is 6.78. The number of nitrogens with two attached hydrogens (primary N) is 2. The molecule has 1 heterocycles. The molecule has 0 saturated heterocycles. The summed E-state index contributed by atoms with van der Waals surface area (Å²) in [6.07, 6.45) is 0. The van der Waals surface area contributed by atoms with Gasteiger partial charge in [-0.25, -0.2) is 13.9 Å². The minimum Gasteiger partial charge on any atom is -0.370 e. The van der Waals surface area contributed by atoms with E-state index in [-0.39, 0.29) is 11.5 Å². The van der Waals surface area contributed by atoms with Gasteiger partial charge in [-0.1, -0.05) is 12.1 Å². The van der Waals surface area contributed by atoms with Crippen LogP contribution in [0.3, 0.4) is 0 Å². The maximum Gasteiger partial charge on any atom is 0.197 e. The first-order valence-corrected chi connectivity index (χ1v) is 7.80. The van der Waals surface area contributed by atoms with Gasteiger partial charge in [-0.05, 0) is 32.9 Å². The predicted molar refractivity (Wildman–Crippen MR) is 85.0 cm³/mol. The Labute approximate surface area is 124 Å². The molecular weight excluding hydrogens is 294 g/mol. The lowest BCUT2D eigenvalue weighted by Crippen LogP contribution is -2.37. The first-order valence-electron chi connectivity index (χ1n) is 5.84. The molecule has 0 bridgehead atoms. The zero-order chi connectivity index (χ0) is 15.3. The Balaban J connectivity index is 0.000000444. The smallest absolute Gasteiger partial charge is 0.197 e. The van der Waals surface area contributed by atoms with Crippen LogP contribution in [0.5, 0.6) is 0 Å². The van der Waals surface area contributed by atoms with Crippen molar-refractivity contribution in [3.8, 4) is 0 Å². The summed E-state index contributed by atoms with van der Waals surface area (Å²) >= 11 is 1.47. The van der Waals surface area contributed by atoms with Crippen molar-refractivity contribution in [1.29, 1.82) is 5.41 Å². The SMILES string of the molecule is CC(C)(C)NS(=O)c1nc2ccccc2s1.N=C(N)N. The highest BCUT2D eigenvalue weighted by molar-refractivity contribution is 7.85. The van der Waals surface area contributed by atoms with E-state index in [4.69, 9.17) is 5.41 Å². The van der Waals surface area contributed by atoms with E-state index in [9.17, 15) is 4.21 Å². The van der Waals surface area contributed by atoms with Crippen molar-refractivity contribution in [3.63, 3.8) is 0 Å². The molecule has 0 aliphatic carbocycles. The van der Waals surface area contributed by atoms with Gasteiger partial charge in [0.2, 0.25) is 0 Å². The molecule has 1 aromatic heterocycles. The van der Waals surface area contributed by atoms with E-state index in [0.29, 0.717) is 4.34 Å². The largest absolute Gasteiger partial charge is 0.370 e. The molecule has 110 valence electrons. The monoisotopic (exact) mass is 313 g/mol. The maximum absolute atomic E-state index is 12.0. The van der Waals surface area contributed by atoms with Gasteiger partial charge in [0.1, 0.15) is 0 Å². The van der Waals surface area contributed by atoms with E-state index >= 15 is 0 Å². The van der Waals surface area contributed by atoms with Crippen molar-refractivity contribution in [2.24, 2.45) is 11.5 Å². The minimum absolute atomic E-state index is 0.178. The van der Waals surface area contributed by atoms with Gasteiger partial charge in [-0.15, -0.1) is 11.3 Å². The van der Waals surface area contributed by atoms with Gasteiger partial charge < -0.3 is 11.5 Å². The summed E-state index contributed by atoms with van der Waals surface area (Å²) in [5, 5.41) is 6.06. The molecule has 2 rings (SSSR count). The van der Waals surface area contributed by atoms with Gasteiger partial charge in [-0.2, -0.15) is 0 Å². The summed E-state index contributed by atoms with van der Waals surface area (Å²) in [4.78, 5) is 4.35. The lowest BCUT2D eigenvalue weighted by molar-refractivity contribution is 0.519. The van der Waals surface area contributed by atoms with Gasteiger partial charge in [0.25, 0.3) is 0 Å². The van der Waals surface area contributed by atoms with Crippen LogP contribution in [-0.4, -0.2) is 20.7 Å². The Morgan fingerprint density at radius 1 is 1.35 bits per heavy atom. The zero-order valence-electron chi connectivity index (χ0n) is 11.6. The van der Waals surface area contributed by atoms with E-state index in [2.05, 4.69) is 21.2 Å². The molecule has 0 spiro atoms. The number of benzene rings is 1. The van der Waals surface area contributed by atoms with Crippen molar-refractivity contribution >= 4 is 38.5 Å². The van der Waals surface area contributed by atoms with Crippen molar-refractivity contribution in [3.05, 3.63) is 24.3 Å². The van der Waals surface area contributed by atoms with Gasteiger partial charge in [0, 0.05) is 5.54 Å². The normalized spacial score (nSPS) is 12.6. The fourth-order valence-corrected chi connectivity index (χ4v) is 3.47. The second-order valence-electron chi connectivity index (χ2n) is 5.02. The molecule has 1 atom stereocenters. The number of guanidine groups is 1. The van der Waals surface area contributed by atoms with Crippen LogP contribution in [0, 0.1) is 5.41 Å². The summed E-state index contributed by atoms with van der Waals surface area (Å²) in [5.74, 6) is -0.333. The van der Waals surface area contributed by atoms with Gasteiger partial charge in [0.15, 0.2) is 21.3 Å². The Morgan fingerprint density at radius 2 is 1.90 bits per heavy atom. The number of hydrogen-bond acceptors (Lipinski definition) is 4. The molecule has 1 aromatic carbocycles. The molecule has 8 heteroatoms. The first kappa shape index (κ1) is 16.5. The lowest BCUT2D eigenvalue weighted by Gasteiger charge is -2.18. The van der Waals surface area contributed by atoms with Crippen molar-refractivity contribution in [1.82, 2.24) is 9.71 Å². The Bertz CT molecular complexity index is 581. The molecule has 0 aliphatic rings. The number of aromatic nitrogens is 1. The van der Waals surface area contributed by atoms with E-state index in [1.165, 1.54) is 11.3 Å². The number of hydrogen-bond donors (Lipinski definition) is 4. The highest BCUT2D eigenvalue weighted by Gasteiger charge is 2.17. The summed E-state index contributed by atoms with van der Waals surface area (Å²) in [5.41, 5.74) is 9.68. The first-order chi connectivity index (χ1) is 9.19. The third-order valence-corrected chi connectivity index (χ3v) is 4.57.